The third-order valence-corrected chi connectivity index (χ3v) is 10.7. The largest absolute Gasteiger partial charge is 0.391 e. The van der Waals surface area contributed by atoms with Crippen molar-refractivity contribution in [2.75, 3.05) is 13.7 Å². The number of aliphatic hydroxyl groups excluding tert-OH is 1. The predicted molar refractivity (Wildman–Crippen MR) is 121 cm³/mol. The highest BCUT2D eigenvalue weighted by Crippen LogP contribution is 2.68. The minimum atomic E-state index is -0.634. The molecule has 0 saturated heterocycles. The van der Waals surface area contributed by atoms with Gasteiger partial charge in [0.2, 0.25) is 0 Å². The van der Waals surface area contributed by atoms with E-state index in [4.69, 9.17) is 4.74 Å². The number of rotatable bonds is 5. The van der Waals surface area contributed by atoms with Crippen molar-refractivity contribution in [3.63, 3.8) is 0 Å². The smallest absolute Gasteiger partial charge is 0.171 e. The molecule has 4 aliphatic rings. The van der Waals surface area contributed by atoms with Crippen LogP contribution in [0.15, 0.2) is 0 Å². The number of nitrogens with zero attached hydrogens (tertiary/aromatic N) is 4. The Kier molecular flexibility index (Phi) is 5.70. The first-order chi connectivity index (χ1) is 15.2. The fourth-order valence-corrected chi connectivity index (χ4v) is 9.09. The molecule has 32 heavy (non-hydrogen) atoms. The summed E-state index contributed by atoms with van der Waals surface area (Å²) in [4.78, 5) is 1.57. The van der Waals surface area contributed by atoms with Crippen LogP contribution in [0.4, 0.5) is 0 Å². The van der Waals surface area contributed by atoms with Crippen LogP contribution in [0, 0.1) is 47.3 Å². The van der Waals surface area contributed by atoms with E-state index < -0.39 is 11.7 Å². The Morgan fingerprint density at radius 3 is 2.56 bits per heavy atom. The highest BCUT2D eigenvalue weighted by atomic mass is 16.5. The first-order valence-corrected chi connectivity index (χ1v) is 12.8. The molecule has 0 radical (unpaired) electrons. The normalized spacial score (nSPS) is 46.9. The molecule has 1 aromatic heterocycles. The van der Waals surface area contributed by atoms with Gasteiger partial charge in [-0.3, -0.25) is 0 Å². The zero-order chi connectivity index (χ0) is 22.7. The van der Waals surface area contributed by atoms with Gasteiger partial charge in [0, 0.05) is 7.11 Å². The van der Waals surface area contributed by atoms with Gasteiger partial charge >= 0.3 is 0 Å². The first kappa shape index (κ1) is 22.7. The molecule has 5 rings (SSSR count). The summed E-state index contributed by atoms with van der Waals surface area (Å²) < 4.78 is 5.36. The molecule has 1 aromatic rings. The van der Waals surface area contributed by atoms with E-state index in [-0.39, 0.29) is 5.41 Å². The van der Waals surface area contributed by atoms with E-state index in [1.165, 1.54) is 32.1 Å². The average Bonchev–Trinajstić information content (AvgIpc) is 3.31. The van der Waals surface area contributed by atoms with Crippen molar-refractivity contribution < 1.29 is 14.9 Å². The molecule has 7 nitrogen and oxygen atoms in total. The molecule has 180 valence electrons. The number of hydrogen-bond acceptors (Lipinski definition) is 6. The Hall–Kier alpha value is -1.05. The summed E-state index contributed by atoms with van der Waals surface area (Å²) in [5.74, 6) is 3.77. The molecule has 0 amide bonds. The summed E-state index contributed by atoms with van der Waals surface area (Å²) in [6.07, 6.45) is 9.77. The monoisotopic (exact) mass is 446 g/mol. The fraction of sp³-hybridized carbons (Fsp3) is 0.960. The van der Waals surface area contributed by atoms with Gasteiger partial charge in [-0.1, -0.05) is 13.8 Å². The molecule has 1 heterocycles. The van der Waals surface area contributed by atoms with E-state index in [1.54, 1.807) is 11.9 Å². The zero-order valence-corrected chi connectivity index (χ0v) is 20.3. The predicted octanol–water partition coefficient (Wildman–Crippen LogP) is 3.38. The second-order valence-corrected chi connectivity index (χ2v) is 12.2. The lowest BCUT2D eigenvalue weighted by Gasteiger charge is -2.62. The maximum absolute atomic E-state index is 11.2. The molecule has 4 aliphatic carbocycles. The molecule has 0 spiro atoms. The van der Waals surface area contributed by atoms with Gasteiger partial charge in [-0.25, -0.2) is 0 Å². The first-order valence-electron chi connectivity index (χ1n) is 12.8. The molecule has 0 bridgehead atoms. The number of aryl methyl sites for hydroxylation is 1. The van der Waals surface area contributed by atoms with Crippen molar-refractivity contribution in [1.82, 2.24) is 20.2 Å². The zero-order valence-electron chi connectivity index (χ0n) is 20.3. The molecular formula is C25H42N4O3. The lowest BCUT2D eigenvalue weighted by Crippen LogP contribution is -2.57. The van der Waals surface area contributed by atoms with Gasteiger partial charge < -0.3 is 14.9 Å². The summed E-state index contributed by atoms with van der Waals surface area (Å²) in [5, 5.41) is 34.6. The molecule has 1 unspecified atom stereocenters. The third kappa shape index (κ3) is 3.54. The number of hydrogen-bond donors (Lipinski definition) is 2. The van der Waals surface area contributed by atoms with Gasteiger partial charge in [-0.15, -0.1) is 10.2 Å². The van der Waals surface area contributed by atoms with Crippen LogP contribution in [0.5, 0.6) is 0 Å². The van der Waals surface area contributed by atoms with Crippen LogP contribution in [-0.4, -0.2) is 55.8 Å². The van der Waals surface area contributed by atoms with Crippen molar-refractivity contribution in [2.24, 2.45) is 40.4 Å². The van der Waals surface area contributed by atoms with Gasteiger partial charge in [0.25, 0.3) is 0 Å². The van der Waals surface area contributed by atoms with Crippen molar-refractivity contribution in [3.05, 3.63) is 5.82 Å². The second kappa shape index (κ2) is 8.02. The van der Waals surface area contributed by atoms with Crippen LogP contribution < -0.4 is 0 Å². The molecule has 2 N–H and O–H groups in total. The van der Waals surface area contributed by atoms with Crippen LogP contribution in [0.3, 0.4) is 0 Å². The van der Waals surface area contributed by atoms with Crippen LogP contribution in [0.25, 0.3) is 0 Å². The van der Waals surface area contributed by atoms with Gasteiger partial charge in [-0.05, 0) is 110 Å². The lowest BCUT2D eigenvalue weighted by molar-refractivity contribution is -0.165. The van der Waals surface area contributed by atoms with Crippen molar-refractivity contribution in [3.8, 4) is 0 Å². The third-order valence-electron chi connectivity index (χ3n) is 10.7. The van der Waals surface area contributed by atoms with Crippen LogP contribution in [-0.2, 0) is 11.3 Å². The minimum Gasteiger partial charge on any atom is -0.391 e. The standard InChI is InChI=1S/C25H42N4O3/c1-16-26-28-29(27-16)14-22(30)21-8-7-19-18-6-5-17-13-25(31,15-32-4)12-11-23(17,2)20(18)9-10-24(19,21)3/h17-22,30-31H,5-15H2,1-4H3/t17-,18-,19-,20-,21+,22?,23-,24-,25+/m0/s1. The number of aromatic nitrogens is 4. The summed E-state index contributed by atoms with van der Waals surface area (Å²) in [5.41, 5.74) is -0.0980. The topological polar surface area (TPSA) is 93.3 Å². The van der Waals surface area contributed by atoms with E-state index in [9.17, 15) is 10.2 Å². The van der Waals surface area contributed by atoms with Gasteiger partial charge in [0.1, 0.15) is 0 Å². The molecule has 4 saturated carbocycles. The van der Waals surface area contributed by atoms with Gasteiger partial charge in [-0.2, -0.15) is 4.80 Å². The van der Waals surface area contributed by atoms with E-state index in [1.807, 2.05) is 6.92 Å². The highest BCUT2D eigenvalue weighted by Gasteiger charge is 2.62. The Bertz CT molecular complexity index is 832. The number of methoxy groups -OCH3 is 1. The van der Waals surface area contributed by atoms with Crippen LogP contribution in [0.2, 0.25) is 0 Å². The molecule has 4 fully saturated rings. The van der Waals surface area contributed by atoms with Gasteiger partial charge in [0.15, 0.2) is 5.82 Å². The van der Waals surface area contributed by atoms with E-state index in [0.717, 1.165) is 37.5 Å². The Morgan fingerprint density at radius 2 is 1.84 bits per heavy atom. The maximum atomic E-state index is 11.2. The minimum absolute atomic E-state index is 0.199. The summed E-state index contributed by atoms with van der Waals surface area (Å²) in [7, 11) is 1.70. The Balaban J connectivity index is 1.31. The molecule has 0 aromatic carbocycles. The summed E-state index contributed by atoms with van der Waals surface area (Å²) >= 11 is 0. The number of tetrazole rings is 1. The van der Waals surface area contributed by atoms with Crippen molar-refractivity contribution in [1.29, 1.82) is 0 Å². The number of aliphatic hydroxyl groups is 2. The lowest BCUT2D eigenvalue weighted by atomic mass is 9.44. The SMILES string of the molecule is COC[C@@]1(O)CC[C@@]2(C)[C@@H](CC[C@@H]3[C@@H]2CC[C@]2(C)[C@@H](C(O)Cn4nnc(C)n4)CC[C@@H]32)C1. The second-order valence-electron chi connectivity index (χ2n) is 12.2. The average molecular weight is 447 g/mol. The van der Waals surface area contributed by atoms with E-state index in [2.05, 4.69) is 29.3 Å². The van der Waals surface area contributed by atoms with E-state index >= 15 is 0 Å². The highest BCUT2D eigenvalue weighted by molar-refractivity contribution is 5.11. The van der Waals surface area contributed by atoms with E-state index in [0.29, 0.717) is 42.1 Å². The number of fused-ring (bicyclic) bond motifs is 5. The summed E-state index contributed by atoms with van der Waals surface area (Å²) in [6, 6.07) is 0. The summed E-state index contributed by atoms with van der Waals surface area (Å²) in [6.45, 7) is 7.74. The quantitative estimate of drug-likeness (QED) is 0.720. The Labute approximate surface area is 192 Å². The van der Waals surface area contributed by atoms with Crippen molar-refractivity contribution >= 4 is 0 Å². The molecule has 0 aliphatic heterocycles. The molecular weight excluding hydrogens is 404 g/mol. The maximum Gasteiger partial charge on any atom is 0.171 e. The molecule has 9 atom stereocenters. The van der Waals surface area contributed by atoms with Gasteiger partial charge in [0.05, 0.1) is 24.9 Å². The number of ether oxygens (including phenoxy) is 1. The van der Waals surface area contributed by atoms with Crippen LogP contribution in [0.1, 0.15) is 77.5 Å². The Morgan fingerprint density at radius 1 is 1.06 bits per heavy atom. The molecule has 7 heteroatoms. The fourth-order valence-electron chi connectivity index (χ4n) is 9.09. The van der Waals surface area contributed by atoms with Crippen molar-refractivity contribution in [2.45, 2.75) is 96.8 Å². The van der Waals surface area contributed by atoms with Crippen LogP contribution >= 0.6 is 0 Å².